The zero-order valence-corrected chi connectivity index (χ0v) is 12.0. The fourth-order valence-corrected chi connectivity index (χ4v) is 1.99. The molecule has 0 aliphatic carbocycles. The van der Waals surface area contributed by atoms with Crippen molar-refractivity contribution in [2.24, 2.45) is 0 Å². The van der Waals surface area contributed by atoms with E-state index in [0.717, 1.165) is 36.6 Å². The van der Waals surface area contributed by atoms with E-state index < -0.39 is 0 Å². The molecule has 20 heavy (non-hydrogen) atoms. The number of nitrogens with two attached hydrogens (primary N) is 1. The second-order valence-corrected chi connectivity index (χ2v) is 5.02. The molecule has 108 valence electrons. The van der Waals surface area contributed by atoms with Crippen LogP contribution in [0.2, 0.25) is 0 Å². The molecule has 2 aromatic rings. The SMILES string of the molecule is CC(C)Oc1cc(N)cc(NCCCc2ncc[nH]2)c1. The molecule has 0 atom stereocenters. The lowest BCUT2D eigenvalue weighted by atomic mass is 10.2. The zero-order chi connectivity index (χ0) is 14.4. The summed E-state index contributed by atoms with van der Waals surface area (Å²) in [6.07, 6.45) is 5.69. The van der Waals surface area contributed by atoms with Crippen molar-refractivity contribution in [2.45, 2.75) is 32.8 Å². The molecule has 2 rings (SSSR count). The summed E-state index contributed by atoms with van der Waals surface area (Å²) in [7, 11) is 0. The Labute approximate surface area is 119 Å². The van der Waals surface area contributed by atoms with Gasteiger partial charge in [-0.25, -0.2) is 4.98 Å². The number of imidazole rings is 1. The number of aromatic amines is 1. The highest BCUT2D eigenvalue weighted by Crippen LogP contribution is 2.23. The summed E-state index contributed by atoms with van der Waals surface area (Å²) < 4.78 is 5.67. The van der Waals surface area contributed by atoms with Crippen LogP contribution >= 0.6 is 0 Å². The van der Waals surface area contributed by atoms with Crippen molar-refractivity contribution in [1.82, 2.24) is 9.97 Å². The Bertz CT molecular complexity index is 523. The first kappa shape index (κ1) is 14.2. The van der Waals surface area contributed by atoms with E-state index in [1.165, 1.54) is 0 Å². The number of nitrogens with one attached hydrogen (secondary N) is 2. The van der Waals surface area contributed by atoms with Gasteiger partial charge in [0.25, 0.3) is 0 Å². The number of hydrogen-bond acceptors (Lipinski definition) is 4. The number of aromatic nitrogens is 2. The van der Waals surface area contributed by atoms with Crippen LogP contribution in [0.5, 0.6) is 5.75 Å². The van der Waals surface area contributed by atoms with Crippen LogP contribution in [0.15, 0.2) is 30.6 Å². The minimum atomic E-state index is 0.142. The number of ether oxygens (including phenoxy) is 1. The Kier molecular flexibility index (Phi) is 4.87. The van der Waals surface area contributed by atoms with E-state index in [0.29, 0.717) is 5.69 Å². The van der Waals surface area contributed by atoms with E-state index in [-0.39, 0.29) is 6.10 Å². The molecular formula is C15H22N4O. The second kappa shape index (κ2) is 6.84. The summed E-state index contributed by atoms with van der Waals surface area (Å²) in [6, 6.07) is 5.73. The molecule has 0 radical (unpaired) electrons. The molecule has 0 aliphatic rings. The fourth-order valence-electron chi connectivity index (χ4n) is 1.99. The lowest BCUT2D eigenvalue weighted by Gasteiger charge is -2.13. The third-order valence-corrected chi connectivity index (χ3v) is 2.77. The Morgan fingerprint density at radius 1 is 1.35 bits per heavy atom. The van der Waals surface area contributed by atoms with Crippen molar-refractivity contribution in [1.29, 1.82) is 0 Å². The summed E-state index contributed by atoms with van der Waals surface area (Å²) in [4.78, 5) is 7.30. The smallest absolute Gasteiger partial charge is 0.123 e. The number of aryl methyl sites for hydroxylation is 1. The van der Waals surface area contributed by atoms with Crippen LogP contribution in [0.4, 0.5) is 11.4 Å². The topological polar surface area (TPSA) is 76.0 Å². The second-order valence-electron chi connectivity index (χ2n) is 5.02. The van der Waals surface area contributed by atoms with Gasteiger partial charge >= 0.3 is 0 Å². The van der Waals surface area contributed by atoms with Crippen molar-refractivity contribution in [3.63, 3.8) is 0 Å². The number of benzene rings is 1. The highest BCUT2D eigenvalue weighted by molar-refractivity contribution is 5.59. The van der Waals surface area contributed by atoms with Gasteiger partial charge in [0.2, 0.25) is 0 Å². The average molecular weight is 274 g/mol. The van der Waals surface area contributed by atoms with Crippen LogP contribution in [-0.4, -0.2) is 22.6 Å². The summed E-state index contributed by atoms with van der Waals surface area (Å²) in [5, 5.41) is 3.36. The third kappa shape index (κ3) is 4.50. The number of rotatable bonds is 7. The van der Waals surface area contributed by atoms with Crippen LogP contribution in [0.25, 0.3) is 0 Å². The molecular weight excluding hydrogens is 252 g/mol. The van der Waals surface area contributed by atoms with Gasteiger partial charge in [-0.3, -0.25) is 0 Å². The fraction of sp³-hybridized carbons (Fsp3) is 0.400. The number of nitrogen functional groups attached to an aromatic ring is 1. The minimum absolute atomic E-state index is 0.142. The Morgan fingerprint density at radius 3 is 2.90 bits per heavy atom. The molecule has 5 nitrogen and oxygen atoms in total. The van der Waals surface area contributed by atoms with Crippen LogP contribution < -0.4 is 15.8 Å². The molecule has 0 saturated heterocycles. The predicted octanol–water partition coefficient (Wildman–Crippen LogP) is 2.82. The number of nitrogens with zero attached hydrogens (tertiary/aromatic N) is 1. The van der Waals surface area contributed by atoms with Crippen molar-refractivity contribution in [2.75, 3.05) is 17.6 Å². The number of hydrogen-bond donors (Lipinski definition) is 3. The Balaban J connectivity index is 1.84. The molecule has 0 fully saturated rings. The van der Waals surface area contributed by atoms with Gasteiger partial charge in [0, 0.05) is 48.9 Å². The van der Waals surface area contributed by atoms with Crippen LogP contribution in [0.3, 0.4) is 0 Å². The van der Waals surface area contributed by atoms with Crippen LogP contribution in [0.1, 0.15) is 26.1 Å². The van der Waals surface area contributed by atoms with Gasteiger partial charge in [0.05, 0.1) is 6.10 Å². The number of H-pyrrole nitrogens is 1. The molecule has 1 aromatic heterocycles. The van der Waals surface area contributed by atoms with Gasteiger partial charge in [-0.2, -0.15) is 0 Å². The predicted molar refractivity (Wildman–Crippen MR) is 82.0 cm³/mol. The summed E-state index contributed by atoms with van der Waals surface area (Å²) in [6.45, 7) is 4.87. The van der Waals surface area contributed by atoms with Crippen molar-refractivity contribution >= 4 is 11.4 Å². The van der Waals surface area contributed by atoms with E-state index >= 15 is 0 Å². The summed E-state index contributed by atoms with van der Waals surface area (Å²) in [5.74, 6) is 1.82. The molecule has 0 saturated carbocycles. The standard InChI is InChI=1S/C15H22N4O/c1-11(2)20-14-9-12(16)8-13(10-14)17-5-3-4-15-18-6-7-19-15/h6-11,17H,3-5,16H2,1-2H3,(H,18,19). The molecule has 0 spiro atoms. The zero-order valence-electron chi connectivity index (χ0n) is 12.0. The maximum absolute atomic E-state index is 5.88. The number of anilines is 2. The molecule has 0 unspecified atom stereocenters. The van der Waals surface area contributed by atoms with E-state index in [4.69, 9.17) is 10.5 Å². The molecule has 0 aliphatic heterocycles. The average Bonchev–Trinajstić information content (AvgIpc) is 2.86. The first-order chi connectivity index (χ1) is 9.63. The van der Waals surface area contributed by atoms with Gasteiger partial charge in [-0.15, -0.1) is 0 Å². The van der Waals surface area contributed by atoms with Gasteiger partial charge < -0.3 is 20.8 Å². The largest absolute Gasteiger partial charge is 0.491 e. The molecule has 5 heteroatoms. The van der Waals surface area contributed by atoms with Gasteiger partial charge in [0.15, 0.2) is 0 Å². The monoisotopic (exact) mass is 274 g/mol. The Hall–Kier alpha value is -2.17. The van der Waals surface area contributed by atoms with Gasteiger partial charge in [0.1, 0.15) is 11.6 Å². The molecule has 1 aromatic carbocycles. The molecule has 0 bridgehead atoms. The van der Waals surface area contributed by atoms with E-state index in [2.05, 4.69) is 15.3 Å². The molecule has 4 N–H and O–H groups in total. The first-order valence-corrected chi connectivity index (χ1v) is 6.93. The van der Waals surface area contributed by atoms with E-state index in [1.807, 2.05) is 38.2 Å². The van der Waals surface area contributed by atoms with E-state index in [1.54, 1.807) is 6.20 Å². The normalized spacial score (nSPS) is 10.8. The molecule has 1 heterocycles. The first-order valence-electron chi connectivity index (χ1n) is 6.93. The van der Waals surface area contributed by atoms with Crippen LogP contribution in [0, 0.1) is 0 Å². The van der Waals surface area contributed by atoms with E-state index in [9.17, 15) is 0 Å². The lowest BCUT2D eigenvalue weighted by Crippen LogP contribution is -2.08. The lowest BCUT2D eigenvalue weighted by molar-refractivity contribution is 0.242. The highest BCUT2D eigenvalue weighted by atomic mass is 16.5. The van der Waals surface area contributed by atoms with Gasteiger partial charge in [-0.1, -0.05) is 0 Å². The quantitative estimate of drug-likeness (QED) is 0.536. The van der Waals surface area contributed by atoms with Crippen LogP contribution in [-0.2, 0) is 6.42 Å². The Morgan fingerprint density at radius 2 is 2.20 bits per heavy atom. The van der Waals surface area contributed by atoms with Gasteiger partial charge in [-0.05, 0) is 26.3 Å². The summed E-state index contributed by atoms with van der Waals surface area (Å²) in [5.41, 5.74) is 7.57. The minimum Gasteiger partial charge on any atom is -0.491 e. The highest BCUT2D eigenvalue weighted by Gasteiger charge is 2.02. The maximum Gasteiger partial charge on any atom is 0.123 e. The van der Waals surface area contributed by atoms with Crippen molar-refractivity contribution in [3.8, 4) is 5.75 Å². The van der Waals surface area contributed by atoms with Crippen molar-refractivity contribution in [3.05, 3.63) is 36.4 Å². The third-order valence-electron chi connectivity index (χ3n) is 2.77. The maximum atomic E-state index is 5.88. The summed E-state index contributed by atoms with van der Waals surface area (Å²) >= 11 is 0. The molecule has 0 amide bonds. The van der Waals surface area contributed by atoms with Crippen molar-refractivity contribution < 1.29 is 4.74 Å².